The summed E-state index contributed by atoms with van der Waals surface area (Å²) < 4.78 is 0. The third kappa shape index (κ3) is 3.52. The highest BCUT2D eigenvalue weighted by Crippen LogP contribution is 2.27. The molecule has 18 heavy (non-hydrogen) atoms. The molecule has 1 nitrogen and oxygen atoms in total. The molecule has 0 radical (unpaired) electrons. The van der Waals surface area contributed by atoms with E-state index < -0.39 is 0 Å². The first kappa shape index (κ1) is 14.0. The normalized spacial score (nSPS) is 25.1. The molecule has 0 bridgehead atoms. The molecular formula is C16H25NS. The van der Waals surface area contributed by atoms with Crippen LogP contribution in [0.2, 0.25) is 0 Å². The first-order valence-corrected chi connectivity index (χ1v) is 8.05. The van der Waals surface area contributed by atoms with Crippen molar-refractivity contribution in [2.75, 3.05) is 12.3 Å². The standard InChI is InChI=1S/C16H25NS/c1-13-15(10-7-11-18-13)17-12-16(2,3)14-8-5-4-6-9-14/h4-6,8-9,13,15,17H,7,10-12H2,1-3H3. The molecule has 0 aliphatic carbocycles. The van der Waals surface area contributed by atoms with Crippen molar-refractivity contribution in [1.82, 2.24) is 5.32 Å². The average Bonchev–Trinajstić information content (AvgIpc) is 2.39. The lowest BCUT2D eigenvalue weighted by Gasteiger charge is -2.33. The summed E-state index contributed by atoms with van der Waals surface area (Å²) in [4.78, 5) is 0. The summed E-state index contributed by atoms with van der Waals surface area (Å²) in [6, 6.07) is 11.5. The zero-order valence-corrected chi connectivity index (χ0v) is 12.6. The van der Waals surface area contributed by atoms with Crippen molar-refractivity contribution in [1.29, 1.82) is 0 Å². The number of thioether (sulfide) groups is 1. The van der Waals surface area contributed by atoms with E-state index in [1.807, 2.05) is 0 Å². The van der Waals surface area contributed by atoms with Crippen LogP contribution in [0.5, 0.6) is 0 Å². The Morgan fingerprint density at radius 3 is 2.67 bits per heavy atom. The fraction of sp³-hybridized carbons (Fsp3) is 0.625. The first-order valence-electron chi connectivity index (χ1n) is 7.00. The van der Waals surface area contributed by atoms with Crippen LogP contribution in [0.3, 0.4) is 0 Å². The van der Waals surface area contributed by atoms with Gasteiger partial charge in [0.2, 0.25) is 0 Å². The smallest absolute Gasteiger partial charge is 0.0184 e. The Labute approximate surface area is 116 Å². The average molecular weight is 263 g/mol. The highest BCUT2D eigenvalue weighted by atomic mass is 32.2. The van der Waals surface area contributed by atoms with Gasteiger partial charge in [0.25, 0.3) is 0 Å². The zero-order chi connectivity index (χ0) is 13.0. The zero-order valence-electron chi connectivity index (χ0n) is 11.8. The summed E-state index contributed by atoms with van der Waals surface area (Å²) in [5, 5.41) is 4.54. The predicted octanol–water partition coefficient (Wildman–Crippen LogP) is 3.84. The quantitative estimate of drug-likeness (QED) is 0.886. The third-order valence-corrected chi connectivity index (χ3v) is 5.35. The second-order valence-electron chi connectivity index (χ2n) is 5.96. The summed E-state index contributed by atoms with van der Waals surface area (Å²) in [5.74, 6) is 1.33. The third-order valence-electron chi connectivity index (χ3n) is 3.97. The minimum Gasteiger partial charge on any atom is -0.312 e. The Morgan fingerprint density at radius 1 is 1.28 bits per heavy atom. The van der Waals surface area contributed by atoms with Crippen molar-refractivity contribution < 1.29 is 0 Å². The van der Waals surface area contributed by atoms with Crippen molar-refractivity contribution in [3.8, 4) is 0 Å². The molecule has 2 unspecified atom stereocenters. The molecule has 1 N–H and O–H groups in total. The molecule has 0 spiro atoms. The molecule has 100 valence electrons. The minimum atomic E-state index is 0.211. The fourth-order valence-electron chi connectivity index (χ4n) is 2.57. The summed E-state index contributed by atoms with van der Waals surface area (Å²) >= 11 is 2.11. The lowest BCUT2D eigenvalue weighted by atomic mass is 9.84. The van der Waals surface area contributed by atoms with Crippen LogP contribution in [0.25, 0.3) is 0 Å². The topological polar surface area (TPSA) is 12.0 Å². The fourth-order valence-corrected chi connectivity index (χ4v) is 3.74. The number of hydrogen-bond donors (Lipinski definition) is 1. The van der Waals surface area contributed by atoms with Crippen LogP contribution >= 0.6 is 11.8 Å². The molecule has 0 saturated carbocycles. The largest absolute Gasteiger partial charge is 0.312 e. The van der Waals surface area contributed by atoms with Gasteiger partial charge in [-0.3, -0.25) is 0 Å². The molecular weight excluding hydrogens is 238 g/mol. The van der Waals surface area contributed by atoms with Gasteiger partial charge in [0.1, 0.15) is 0 Å². The maximum atomic E-state index is 3.79. The summed E-state index contributed by atoms with van der Waals surface area (Å²) in [7, 11) is 0. The second kappa shape index (κ2) is 6.12. The van der Waals surface area contributed by atoms with E-state index in [0.717, 1.165) is 11.8 Å². The van der Waals surface area contributed by atoms with Gasteiger partial charge in [-0.25, -0.2) is 0 Å². The Bertz CT molecular complexity index is 361. The van der Waals surface area contributed by atoms with Crippen molar-refractivity contribution in [3.63, 3.8) is 0 Å². The highest BCUT2D eigenvalue weighted by molar-refractivity contribution is 7.99. The summed E-state index contributed by atoms with van der Waals surface area (Å²) in [6.07, 6.45) is 2.69. The van der Waals surface area contributed by atoms with E-state index in [1.54, 1.807) is 0 Å². The van der Waals surface area contributed by atoms with Gasteiger partial charge in [-0.2, -0.15) is 11.8 Å². The Morgan fingerprint density at radius 2 is 2.00 bits per heavy atom. The SMILES string of the molecule is CC1SCCCC1NCC(C)(C)c1ccccc1. The van der Waals surface area contributed by atoms with Crippen LogP contribution in [0.4, 0.5) is 0 Å². The maximum Gasteiger partial charge on any atom is 0.0184 e. The molecule has 0 aromatic heterocycles. The molecule has 0 amide bonds. The van der Waals surface area contributed by atoms with Gasteiger partial charge in [-0.1, -0.05) is 51.1 Å². The van der Waals surface area contributed by atoms with Crippen LogP contribution in [-0.4, -0.2) is 23.6 Å². The number of nitrogens with one attached hydrogen (secondary N) is 1. The number of benzene rings is 1. The molecule has 1 saturated heterocycles. The minimum absolute atomic E-state index is 0.211. The van der Waals surface area contributed by atoms with Crippen LogP contribution in [-0.2, 0) is 5.41 Å². The summed E-state index contributed by atoms with van der Waals surface area (Å²) in [5.41, 5.74) is 1.64. The molecule has 2 rings (SSSR count). The summed E-state index contributed by atoms with van der Waals surface area (Å²) in [6.45, 7) is 8.08. The molecule has 1 aliphatic rings. The lowest BCUT2D eigenvalue weighted by molar-refractivity contribution is 0.394. The van der Waals surface area contributed by atoms with Gasteiger partial charge in [0.15, 0.2) is 0 Å². The van der Waals surface area contributed by atoms with Crippen LogP contribution in [0, 0.1) is 0 Å². The van der Waals surface area contributed by atoms with Crippen molar-refractivity contribution >= 4 is 11.8 Å². The van der Waals surface area contributed by atoms with E-state index in [-0.39, 0.29) is 5.41 Å². The molecule has 1 heterocycles. The maximum absolute atomic E-state index is 3.79. The predicted molar refractivity (Wildman–Crippen MR) is 82.4 cm³/mol. The van der Waals surface area contributed by atoms with Gasteiger partial charge >= 0.3 is 0 Å². The Balaban J connectivity index is 1.92. The van der Waals surface area contributed by atoms with Crippen LogP contribution < -0.4 is 5.32 Å². The molecule has 1 fully saturated rings. The lowest BCUT2D eigenvalue weighted by Crippen LogP contribution is -2.44. The van der Waals surface area contributed by atoms with E-state index in [1.165, 1.54) is 24.2 Å². The molecule has 2 heteroatoms. The Hall–Kier alpha value is -0.470. The van der Waals surface area contributed by atoms with E-state index in [0.29, 0.717) is 6.04 Å². The number of rotatable bonds is 4. The van der Waals surface area contributed by atoms with E-state index in [4.69, 9.17) is 0 Å². The number of hydrogen-bond acceptors (Lipinski definition) is 2. The first-order chi connectivity index (χ1) is 8.59. The van der Waals surface area contributed by atoms with Gasteiger partial charge in [0, 0.05) is 23.3 Å². The van der Waals surface area contributed by atoms with Gasteiger partial charge in [-0.05, 0) is 24.2 Å². The Kier molecular flexibility index (Phi) is 4.74. The van der Waals surface area contributed by atoms with E-state index >= 15 is 0 Å². The van der Waals surface area contributed by atoms with Gasteiger partial charge in [0.05, 0.1) is 0 Å². The van der Waals surface area contributed by atoms with E-state index in [2.05, 4.69) is 68.2 Å². The second-order valence-corrected chi connectivity index (χ2v) is 7.44. The van der Waals surface area contributed by atoms with Gasteiger partial charge < -0.3 is 5.32 Å². The van der Waals surface area contributed by atoms with Crippen LogP contribution in [0.15, 0.2) is 30.3 Å². The van der Waals surface area contributed by atoms with Crippen molar-refractivity contribution in [3.05, 3.63) is 35.9 Å². The van der Waals surface area contributed by atoms with Crippen molar-refractivity contribution in [2.24, 2.45) is 0 Å². The molecule has 2 atom stereocenters. The van der Waals surface area contributed by atoms with E-state index in [9.17, 15) is 0 Å². The van der Waals surface area contributed by atoms with Crippen molar-refractivity contribution in [2.45, 2.75) is 50.3 Å². The molecule has 1 aromatic rings. The highest BCUT2D eigenvalue weighted by Gasteiger charge is 2.25. The molecule has 1 aromatic carbocycles. The monoisotopic (exact) mass is 263 g/mol. The van der Waals surface area contributed by atoms with Gasteiger partial charge in [-0.15, -0.1) is 0 Å². The van der Waals surface area contributed by atoms with Crippen LogP contribution in [0.1, 0.15) is 39.2 Å². The molecule has 1 aliphatic heterocycles.